The number of halogens is 3. The number of nitriles is 1. The van der Waals surface area contributed by atoms with Gasteiger partial charge in [-0.25, -0.2) is 0 Å². The number of aromatic nitrogens is 4. The molecule has 40 heavy (non-hydrogen) atoms. The van der Waals surface area contributed by atoms with Crippen molar-refractivity contribution < 1.29 is 22.4 Å². The van der Waals surface area contributed by atoms with Gasteiger partial charge in [-0.2, -0.15) is 15.3 Å². The van der Waals surface area contributed by atoms with E-state index in [2.05, 4.69) is 25.8 Å². The summed E-state index contributed by atoms with van der Waals surface area (Å²) in [4.78, 5) is 6.89. The molecule has 0 N–H and O–H groups in total. The van der Waals surface area contributed by atoms with E-state index in [1.807, 2.05) is 53.2 Å². The van der Waals surface area contributed by atoms with Crippen LogP contribution in [0.25, 0.3) is 33.9 Å². The average molecular weight is 545 g/mol. The first-order chi connectivity index (χ1) is 19.4. The molecule has 8 nitrogen and oxygen atoms in total. The van der Waals surface area contributed by atoms with Crippen molar-refractivity contribution in [2.45, 2.75) is 31.8 Å². The van der Waals surface area contributed by atoms with Crippen LogP contribution in [0.2, 0.25) is 0 Å². The summed E-state index contributed by atoms with van der Waals surface area (Å²) in [6.45, 7) is 2.57. The van der Waals surface area contributed by atoms with Crippen LogP contribution in [0.5, 0.6) is 5.75 Å². The zero-order chi connectivity index (χ0) is 27.7. The summed E-state index contributed by atoms with van der Waals surface area (Å²) < 4.78 is 49.0. The highest BCUT2D eigenvalue weighted by molar-refractivity contribution is 5.91. The molecule has 0 spiro atoms. The average Bonchev–Trinajstić information content (AvgIpc) is 3.59. The lowest BCUT2D eigenvalue weighted by atomic mass is 10.0. The smallest absolute Gasteiger partial charge is 0.406 e. The number of hydrogen-bond acceptors (Lipinski definition) is 7. The van der Waals surface area contributed by atoms with E-state index in [4.69, 9.17) is 14.9 Å². The van der Waals surface area contributed by atoms with Crippen LogP contribution in [0.3, 0.4) is 0 Å². The van der Waals surface area contributed by atoms with Crippen molar-refractivity contribution in [3.05, 3.63) is 83.9 Å². The maximum absolute atomic E-state index is 12.5. The maximum Gasteiger partial charge on any atom is 0.573 e. The molecule has 0 amide bonds. The highest BCUT2D eigenvalue weighted by Gasteiger charge is 2.31. The second-order valence-corrected chi connectivity index (χ2v) is 9.65. The Balaban J connectivity index is 1.25. The lowest BCUT2D eigenvalue weighted by Gasteiger charge is -2.33. The van der Waals surface area contributed by atoms with Crippen molar-refractivity contribution >= 4 is 10.9 Å². The van der Waals surface area contributed by atoms with Gasteiger partial charge in [0.1, 0.15) is 5.75 Å². The molecule has 0 radical (unpaired) electrons. The molecule has 1 aliphatic rings. The number of likely N-dealkylation sites (tertiary alicyclic amines) is 1. The molecule has 1 atom stereocenters. The fourth-order valence-corrected chi connectivity index (χ4v) is 5.09. The molecular weight excluding hydrogens is 521 g/mol. The van der Waals surface area contributed by atoms with Gasteiger partial charge in [-0.1, -0.05) is 35.5 Å². The van der Waals surface area contributed by atoms with Gasteiger partial charge in [-0.3, -0.25) is 9.58 Å². The van der Waals surface area contributed by atoms with E-state index < -0.39 is 6.36 Å². The molecule has 1 saturated heterocycles. The van der Waals surface area contributed by atoms with Gasteiger partial charge in [0.15, 0.2) is 5.69 Å². The monoisotopic (exact) mass is 544 g/mol. The Labute approximate surface area is 227 Å². The lowest BCUT2D eigenvalue weighted by molar-refractivity contribution is -0.274. The highest BCUT2D eigenvalue weighted by Crippen LogP contribution is 2.33. The first-order valence-electron chi connectivity index (χ1n) is 12.8. The van der Waals surface area contributed by atoms with E-state index in [-0.39, 0.29) is 23.5 Å². The Morgan fingerprint density at radius 3 is 2.55 bits per heavy atom. The molecule has 0 bridgehead atoms. The van der Waals surface area contributed by atoms with Gasteiger partial charge in [0.05, 0.1) is 23.2 Å². The standard InChI is InChI=1S/C29H23F3N6O2/c30-29(31,32)39-23-13-11-21(12-14-23)27-34-28(40-36-27)26-24-5-1-2-6-25(24)38(35-26)22-4-3-15-37(18-22)17-20-9-7-19(16-33)8-10-20/h1-2,5-14,22H,3-4,15,17-18H2. The predicted octanol–water partition coefficient (Wildman–Crippen LogP) is 6.36. The number of hydrogen-bond donors (Lipinski definition) is 0. The van der Waals surface area contributed by atoms with Crippen LogP contribution in [-0.4, -0.2) is 44.3 Å². The number of benzene rings is 3. The summed E-state index contributed by atoms with van der Waals surface area (Å²) in [5.41, 5.74) is 3.79. The fourth-order valence-electron chi connectivity index (χ4n) is 5.09. The Bertz CT molecular complexity index is 1670. The molecule has 1 aliphatic heterocycles. The normalized spacial score (nSPS) is 16.2. The van der Waals surface area contributed by atoms with E-state index in [9.17, 15) is 13.2 Å². The largest absolute Gasteiger partial charge is 0.573 e. The van der Waals surface area contributed by atoms with Crippen molar-refractivity contribution in [2.24, 2.45) is 0 Å². The maximum atomic E-state index is 12.5. The van der Waals surface area contributed by atoms with Crippen LogP contribution in [0.4, 0.5) is 13.2 Å². The van der Waals surface area contributed by atoms with Crippen LogP contribution >= 0.6 is 0 Å². The predicted molar refractivity (Wildman–Crippen MR) is 140 cm³/mol. The van der Waals surface area contributed by atoms with Crippen molar-refractivity contribution in [3.8, 4) is 34.8 Å². The minimum absolute atomic E-state index is 0.134. The third-order valence-electron chi connectivity index (χ3n) is 6.90. The van der Waals surface area contributed by atoms with Gasteiger partial charge in [0.25, 0.3) is 5.89 Å². The lowest BCUT2D eigenvalue weighted by Crippen LogP contribution is -2.36. The summed E-state index contributed by atoms with van der Waals surface area (Å²) in [6.07, 6.45) is -2.78. The van der Waals surface area contributed by atoms with Crippen molar-refractivity contribution in [2.75, 3.05) is 13.1 Å². The summed E-state index contributed by atoms with van der Waals surface area (Å²) in [7, 11) is 0. The van der Waals surface area contributed by atoms with Crippen molar-refractivity contribution in [1.29, 1.82) is 5.26 Å². The Kier molecular flexibility index (Phi) is 6.69. The SMILES string of the molecule is N#Cc1ccc(CN2CCCC(n3nc(-c4nc(-c5ccc(OC(F)(F)F)cc5)no4)c4ccccc43)C2)cc1. The number of fused-ring (bicyclic) bond motifs is 1. The number of piperidine rings is 1. The third kappa shape index (κ3) is 5.39. The molecule has 3 heterocycles. The first kappa shape index (κ1) is 25.6. The molecule has 1 fully saturated rings. The van der Waals surface area contributed by atoms with E-state index in [0.29, 0.717) is 16.8 Å². The van der Waals surface area contributed by atoms with Gasteiger partial charge in [0, 0.05) is 24.0 Å². The zero-order valence-corrected chi connectivity index (χ0v) is 21.2. The van der Waals surface area contributed by atoms with Crippen LogP contribution in [0.15, 0.2) is 77.3 Å². The summed E-state index contributed by atoms with van der Waals surface area (Å²) >= 11 is 0. The summed E-state index contributed by atoms with van der Waals surface area (Å²) in [5.74, 6) is 0.134. The Morgan fingerprint density at radius 1 is 1.02 bits per heavy atom. The molecule has 11 heteroatoms. The van der Waals surface area contributed by atoms with Gasteiger partial charge < -0.3 is 9.26 Å². The van der Waals surface area contributed by atoms with Gasteiger partial charge >= 0.3 is 6.36 Å². The van der Waals surface area contributed by atoms with E-state index in [1.165, 1.54) is 24.3 Å². The molecule has 2 aromatic heterocycles. The number of alkyl halides is 3. The first-order valence-corrected chi connectivity index (χ1v) is 12.8. The van der Waals surface area contributed by atoms with Gasteiger partial charge in [-0.05, 0) is 67.4 Å². The minimum Gasteiger partial charge on any atom is -0.406 e. The number of nitrogens with zero attached hydrogens (tertiary/aromatic N) is 6. The fraction of sp³-hybridized carbons (Fsp3) is 0.241. The van der Waals surface area contributed by atoms with E-state index >= 15 is 0 Å². The molecule has 3 aromatic carbocycles. The summed E-state index contributed by atoms with van der Waals surface area (Å²) in [6, 6.07) is 23.1. The third-order valence-corrected chi connectivity index (χ3v) is 6.90. The highest BCUT2D eigenvalue weighted by atomic mass is 19.4. The number of para-hydroxylation sites is 1. The van der Waals surface area contributed by atoms with Gasteiger partial charge in [-0.15, -0.1) is 13.2 Å². The Hall–Kier alpha value is -4.69. The van der Waals surface area contributed by atoms with E-state index in [0.717, 1.165) is 48.9 Å². The number of rotatable bonds is 6. The van der Waals surface area contributed by atoms with Crippen LogP contribution < -0.4 is 4.74 Å². The molecule has 0 aliphatic carbocycles. The van der Waals surface area contributed by atoms with Crippen molar-refractivity contribution in [1.82, 2.24) is 24.8 Å². The molecule has 5 aromatic rings. The molecule has 0 saturated carbocycles. The van der Waals surface area contributed by atoms with Crippen LogP contribution in [-0.2, 0) is 6.54 Å². The second kappa shape index (κ2) is 10.5. The van der Waals surface area contributed by atoms with E-state index in [1.54, 1.807) is 0 Å². The Morgan fingerprint density at radius 2 is 1.80 bits per heavy atom. The topological polar surface area (TPSA) is 93.0 Å². The molecular formula is C29H23F3N6O2. The quantitative estimate of drug-likeness (QED) is 0.246. The summed E-state index contributed by atoms with van der Waals surface area (Å²) in [5, 5.41) is 18.9. The zero-order valence-electron chi connectivity index (χ0n) is 21.2. The van der Waals surface area contributed by atoms with Crippen LogP contribution in [0.1, 0.15) is 30.0 Å². The second-order valence-electron chi connectivity index (χ2n) is 9.65. The molecule has 202 valence electrons. The minimum atomic E-state index is -4.76. The molecule has 1 unspecified atom stereocenters. The number of ether oxygens (including phenoxy) is 1. The van der Waals surface area contributed by atoms with Crippen LogP contribution in [0, 0.1) is 11.3 Å². The van der Waals surface area contributed by atoms with Crippen molar-refractivity contribution in [3.63, 3.8) is 0 Å². The van der Waals surface area contributed by atoms with Gasteiger partial charge in [0.2, 0.25) is 5.82 Å². The molecule has 6 rings (SSSR count).